The summed E-state index contributed by atoms with van der Waals surface area (Å²) >= 11 is 0. The summed E-state index contributed by atoms with van der Waals surface area (Å²) in [6, 6.07) is 0. The number of nitrogens with one attached hydrogen (secondary N) is 2. The summed E-state index contributed by atoms with van der Waals surface area (Å²) in [5.41, 5.74) is -2.29. The first-order valence-corrected chi connectivity index (χ1v) is 10.1. The summed E-state index contributed by atoms with van der Waals surface area (Å²) in [7, 11) is 0. The summed E-state index contributed by atoms with van der Waals surface area (Å²) in [6.45, 7) is 5.78. The van der Waals surface area contributed by atoms with Gasteiger partial charge < -0.3 is 20.5 Å². The fraction of sp³-hybridized carbons (Fsp3) is 0.900. The largest absolute Gasteiger partial charge is 0.444 e. The summed E-state index contributed by atoms with van der Waals surface area (Å²) < 4.78 is 20.0. The van der Waals surface area contributed by atoms with E-state index in [1.165, 1.54) is 0 Å². The maximum absolute atomic E-state index is 14.9. The first-order valence-electron chi connectivity index (χ1n) is 10.1. The van der Waals surface area contributed by atoms with Crippen molar-refractivity contribution in [3.8, 4) is 0 Å². The van der Waals surface area contributed by atoms with Crippen LogP contribution in [0.1, 0.15) is 72.1 Å². The molecule has 0 radical (unpaired) electrons. The quantitative estimate of drug-likeness (QED) is 0.655. The third-order valence-corrected chi connectivity index (χ3v) is 5.84. The van der Waals surface area contributed by atoms with E-state index in [2.05, 4.69) is 10.6 Å². The number of aliphatic hydroxyl groups excluding tert-OH is 1. The number of rotatable bonds is 6. The van der Waals surface area contributed by atoms with Crippen LogP contribution >= 0.6 is 0 Å². The number of alkyl carbamates (subject to hydrolysis) is 1. The molecule has 0 bridgehead atoms. The monoisotopic (exact) mass is 386 g/mol. The smallest absolute Gasteiger partial charge is 0.407 e. The molecule has 0 aliphatic heterocycles. The van der Waals surface area contributed by atoms with Gasteiger partial charge in [0.1, 0.15) is 11.3 Å². The van der Waals surface area contributed by atoms with Crippen LogP contribution in [0.2, 0.25) is 0 Å². The normalized spacial score (nSPS) is 27.8. The molecule has 156 valence electrons. The Morgan fingerprint density at radius 1 is 1.07 bits per heavy atom. The summed E-state index contributed by atoms with van der Waals surface area (Å²) in [5, 5.41) is 15.1. The van der Waals surface area contributed by atoms with Gasteiger partial charge in [0.25, 0.3) is 0 Å². The van der Waals surface area contributed by atoms with Crippen molar-refractivity contribution in [2.45, 2.75) is 83.4 Å². The summed E-state index contributed by atoms with van der Waals surface area (Å²) in [6.07, 6.45) is 4.86. The maximum atomic E-state index is 14.9. The van der Waals surface area contributed by atoms with Crippen LogP contribution in [0.15, 0.2) is 0 Å². The minimum atomic E-state index is -1.49. The van der Waals surface area contributed by atoms with E-state index in [0.717, 1.165) is 25.7 Å². The standard InChI is InChI=1S/C20H35FN2O4/c1-18(2,3)27-17(26)23-13-20(21)10-6-15(7-11-20)16(25)22-12-19(14-24)8-4-5-9-19/h15,24H,4-14H2,1-3H3,(H,22,25)(H,23,26). The van der Waals surface area contributed by atoms with E-state index in [-0.39, 0.29) is 43.2 Å². The summed E-state index contributed by atoms with van der Waals surface area (Å²) in [4.78, 5) is 24.1. The van der Waals surface area contributed by atoms with Crippen molar-refractivity contribution >= 4 is 12.0 Å². The van der Waals surface area contributed by atoms with E-state index in [1.807, 2.05) is 0 Å². The molecule has 0 unspecified atom stereocenters. The van der Waals surface area contributed by atoms with Crippen LogP contribution < -0.4 is 10.6 Å². The molecule has 0 spiro atoms. The lowest BCUT2D eigenvalue weighted by molar-refractivity contribution is -0.127. The lowest BCUT2D eigenvalue weighted by atomic mass is 9.79. The van der Waals surface area contributed by atoms with Crippen molar-refractivity contribution in [1.29, 1.82) is 0 Å². The number of aliphatic hydroxyl groups is 1. The number of hydrogen-bond donors (Lipinski definition) is 3. The van der Waals surface area contributed by atoms with Crippen molar-refractivity contribution in [3.63, 3.8) is 0 Å². The highest BCUT2D eigenvalue weighted by Crippen LogP contribution is 2.38. The van der Waals surface area contributed by atoms with E-state index in [1.54, 1.807) is 20.8 Å². The van der Waals surface area contributed by atoms with E-state index in [4.69, 9.17) is 4.74 Å². The lowest BCUT2D eigenvalue weighted by Crippen LogP contribution is -2.46. The molecular formula is C20H35FN2O4. The van der Waals surface area contributed by atoms with Gasteiger partial charge in [0.05, 0.1) is 13.2 Å². The summed E-state index contributed by atoms with van der Waals surface area (Å²) in [5.74, 6) is -0.246. The van der Waals surface area contributed by atoms with Crippen LogP contribution in [0.3, 0.4) is 0 Å². The topological polar surface area (TPSA) is 87.7 Å². The Hall–Kier alpha value is -1.37. The van der Waals surface area contributed by atoms with Crippen LogP contribution in [-0.4, -0.2) is 48.1 Å². The number of hydrogen-bond acceptors (Lipinski definition) is 4. The van der Waals surface area contributed by atoms with E-state index in [0.29, 0.717) is 19.4 Å². The Balaban J connectivity index is 1.73. The minimum Gasteiger partial charge on any atom is -0.444 e. The molecule has 6 nitrogen and oxygen atoms in total. The van der Waals surface area contributed by atoms with Crippen molar-refractivity contribution in [3.05, 3.63) is 0 Å². The number of alkyl halides is 1. The third-order valence-electron chi connectivity index (χ3n) is 5.84. The molecule has 0 aromatic rings. The molecular weight excluding hydrogens is 351 g/mol. The molecule has 2 aliphatic carbocycles. The number of carbonyl (C=O) groups is 2. The lowest BCUT2D eigenvalue weighted by Gasteiger charge is -2.34. The molecule has 0 saturated heterocycles. The predicted octanol–water partition coefficient (Wildman–Crippen LogP) is 3.08. The van der Waals surface area contributed by atoms with Crippen LogP contribution in [-0.2, 0) is 9.53 Å². The fourth-order valence-corrected chi connectivity index (χ4v) is 4.05. The van der Waals surface area contributed by atoms with Gasteiger partial charge in [-0.1, -0.05) is 12.8 Å². The maximum Gasteiger partial charge on any atom is 0.407 e. The van der Waals surface area contributed by atoms with Gasteiger partial charge in [0.2, 0.25) is 5.91 Å². The number of amides is 2. The molecule has 0 aromatic heterocycles. The second-order valence-electron chi connectivity index (χ2n) is 9.36. The van der Waals surface area contributed by atoms with E-state index >= 15 is 0 Å². The molecule has 0 atom stereocenters. The highest BCUT2D eigenvalue weighted by atomic mass is 19.1. The Morgan fingerprint density at radius 3 is 2.19 bits per heavy atom. The molecule has 0 heterocycles. The van der Waals surface area contributed by atoms with Gasteiger partial charge in [-0.25, -0.2) is 9.18 Å². The molecule has 7 heteroatoms. The van der Waals surface area contributed by atoms with E-state index < -0.39 is 17.4 Å². The van der Waals surface area contributed by atoms with Gasteiger partial charge in [-0.15, -0.1) is 0 Å². The molecule has 2 aliphatic rings. The molecule has 3 N–H and O–H groups in total. The molecule has 0 aromatic carbocycles. The SMILES string of the molecule is CC(C)(C)OC(=O)NCC1(F)CCC(C(=O)NCC2(CO)CCCC2)CC1. The van der Waals surface area contributed by atoms with Crippen LogP contribution in [0.5, 0.6) is 0 Å². The van der Waals surface area contributed by atoms with Gasteiger partial charge >= 0.3 is 6.09 Å². The Kier molecular flexibility index (Phi) is 7.11. The average Bonchev–Trinajstić information content (AvgIpc) is 3.07. The second-order valence-corrected chi connectivity index (χ2v) is 9.36. The zero-order valence-electron chi connectivity index (χ0n) is 16.9. The zero-order chi connectivity index (χ0) is 20.1. The first kappa shape index (κ1) is 21.9. The number of halogens is 1. The number of carbonyl (C=O) groups excluding carboxylic acids is 2. The number of ether oxygens (including phenoxy) is 1. The molecule has 2 fully saturated rings. The minimum absolute atomic E-state index is 0.0446. The second kappa shape index (κ2) is 8.76. The van der Waals surface area contributed by atoms with Gasteiger partial charge in [-0.3, -0.25) is 4.79 Å². The molecule has 2 amide bonds. The van der Waals surface area contributed by atoms with E-state index in [9.17, 15) is 19.1 Å². The third kappa shape index (κ3) is 6.63. The zero-order valence-corrected chi connectivity index (χ0v) is 16.9. The van der Waals surface area contributed by atoms with Crippen LogP contribution in [0.25, 0.3) is 0 Å². The van der Waals surface area contributed by atoms with Crippen molar-refractivity contribution < 1.29 is 23.8 Å². The van der Waals surface area contributed by atoms with Crippen molar-refractivity contribution in [1.82, 2.24) is 10.6 Å². The van der Waals surface area contributed by atoms with Gasteiger partial charge in [-0.05, 0) is 59.3 Å². The van der Waals surface area contributed by atoms with Crippen LogP contribution in [0.4, 0.5) is 9.18 Å². The van der Waals surface area contributed by atoms with Gasteiger partial charge in [0.15, 0.2) is 0 Å². The van der Waals surface area contributed by atoms with Gasteiger partial charge in [0, 0.05) is 17.9 Å². The van der Waals surface area contributed by atoms with Crippen molar-refractivity contribution in [2.75, 3.05) is 19.7 Å². The highest BCUT2D eigenvalue weighted by Gasteiger charge is 2.39. The Labute approximate surface area is 161 Å². The first-order chi connectivity index (χ1) is 12.6. The van der Waals surface area contributed by atoms with Gasteiger partial charge in [-0.2, -0.15) is 0 Å². The Bertz CT molecular complexity index is 519. The molecule has 27 heavy (non-hydrogen) atoms. The highest BCUT2D eigenvalue weighted by molar-refractivity contribution is 5.78. The Morgan fingerprint density at radius 2 is 1.67 bits per heavy atom. The average molecular weight is 387 g/mol. The molecule has 2 rings (SSSR count). The molecule has 2 saturated carbocycles. The fourth-order valence-electron chi connectivity index (χ4n) is 4.05. The van der Waals surface area contributed by atoms with Crippen LogP contribution in [0, 0.1) is 11.3 Å². The predicted molar refractivity (Wildman–Crippen MR) is 101 cm³/mol. The van der Waals surface area contributed by atoms with Crippen molar-refractivity contribution in [2.24, 2.45) is 11.3 Å².